The Labute approximate surface area is 113 Å². The summed E-state index contributed by atoms with van der Waals surface area (Å²) in [7, 11) is -3.52. The van der Waals surface area contributed by atoms with Gasteiger partial charge in [0.05, 0.1) is 12.4 Å². The second-order valence-electron chi connectivity index (χ2n) is 5.25. The molecule has 1 fully saturated rings. The summed E-state index contributed by atoms with van der Waals surface area (Å²) in [5.74, 6) is 1.26. The fourth-order valence-corrected chi connectivity index (χ4v) is 3.31. The molecule has 19 heavy (non-hydrogen) atoms. The molecule has 2 rings (SSSR count). The van der Waals surface area contributed by atoms with Gasteiger partial charge in [0, 0.05) is 6.54 Å². The first-order chi connectivity index (χ1) is 8.97. The lowest BCUT2D eigenvalue weighted by Gasteiger charge is -2.26. The second-order valence-corrected chi connectivity index (χ2v) is 7.02. The third kappa shape index (κ3) is 3.87. The number of hydrogen-bond acceptors (Lipinski definition) is 5. The van der Waals surface area contributed by atoms with Crippen molar-refractivity contribution in [1.82, 2.24) is 14.7 Å². The molecule has 0 aromatic carbocycles. The van der Waals surface area contributed by atoms with Gasteiger partial charge in [0.25, 0.3) is 0 Å². The van der Waals surface area contributed by atoms with Gasteiger partial charge in [0.15, 0.2) is 0 Å². The molecule has 1 heterocycles. The Morgan fingerprint density at radius 2 is 1.84 bits per heavy atom. The van der Waals surface area contributed by atoms with Crippen LogP contribution in [0.25, 0.3) is 0 Å². The first-order valence-corrected chi connectivity index (χ1v) is 8.03. The van der Waals surface area contributed by atoms with E-state index in [1.165, 1.54) is 25.2 Å². The zero-order chi connectivity index (χ0) is 13.9. The van der Waals surface area contributed by atoms with Gasteiger partial charge in [-0.3, -0.25) is 0 Å². The second kappa shape index (κ2) is 5.83. The Morgan fingerprint density at radius 1 is 1.26 bits per heavy atom. The van der Waals surface area contributed by atoms with Crippen LogP contribution in [0.4, 0.5) is 5.95 Å². The molecule has 1 aromatic rings. The van der Waals surface area contributed by atoms with E-state index in [0.717, 1.165) is 18.8 Å². The normalized spacial score (nSPS) is 24.3. The van der Waals surface area contributed by atoms with Crippen molar-refractivity contribution < 1.29 is 8.42 Å². The van der Waals surface area contributed by atoms with Crippen molar-refractivity contribution >= 4 is 16.0 Å². The van der Waals surface area contributed by atoms with Crippen LogP contribution in [0.2, 0.25) is 0 Å². The lowest BCUT2D eigenvalue weighted by atomic mass is 9.83. The number of nitrogen functional groups attached to an aromatic ring is 1. The van der Waals surface area contributed by atoms with Gasteiger partial charge in [-0.2, -0.15) is 0 Å². The maximum Gasteiger partial charge on any atom is 0.243 e. The molecule has 0 atom stereocenters. The standard InChI is InChI=1S/C12H20N4O2S/c1-9-2-4-10(5-3-9)6-16-19(17,18)11-7-14-12(13)15-8-11/h7-10,16H,2-6H2,1H3,(H2,13,14,15). The summed E-state index contributed by atoms with van der Waals surface area (Å²) in [5.41, 5.74) is 5.34. The molecule has 3 N–H and O–H groups in total. The highest BCUT2D eigenvalue weighted by atomic mass is 32.2. The molecule has 0 saturated heterocycles. The topological polar surface area (TPSA) is 98.0 Å². The molecule has 7 heteroatoms. The largest absolute Gasteiger partial charge is 0.368 e. The molecule has 0 radical (unpaired) electrons. The lowest BCUT2D eigenvalue weighted by molar-refractivity contribution is 0.290. The van der Waals surface area contributed by atoms with E-state index in [9.17, 15) is 8.42 Å². The number of rotatable bonds is 4. The molecule has 0 spiro atoms. The summed E-state index contributed by atoms with van der Waals surface area (Å²) in [6, 6.07) is 0. The van der Waals surface area contributed by atoms with Gasteiger partial charge >= 0.3 is 0 Å². The van der Waals surface area contributed by atoms with Gasteiger partial charge in [-0.25, -0.2) is 23.1 Å². The Kier molecular flexibility index (Phi) is 4.36. The summed E-state index contributed by atoms with van der Waals surface area (Å²) < 4.78 is 26.7. The van der Waals surface area contributed by atoms with Crippen molar-refractivity contribution in [2.24, 2.45) is 11.8 Å². The average molecular weight is 284 g/mol. The van der Waals surface area contributed by atoms with E-state index in [1.807, 2.05) is 0 Å². The van der Waals surface area contributed by atoms with Crippen LogP contribution in [0.15, 0.2) is 17.3 Å². The Bertz CT molecular complexity index is 507. The maximum atomic E-state index is 12.0. The van der Waals surface area contributed by atoms with Crippen molar-refractivity contribution in [2.75, 3.05) is 12.3 Å². The molecule has 1 aliphatic rings. The molecular formula is C12H20N4O2S. The number of anilines is 1. The van der Waals surface area contributed by atoms with Crippen LogP contribution in [0.3, 0.4) is 0 Å². The molecule has 1 aliphatic carbocycles. The Balaban J connectivity index is 1.92. The van der Waals surface area contributed by atoms with E-state index in [2.05, 4.69) is 21.6 Å². The summed E-state index contributed by atoms with van der Waals surface area (Å²) in [4.78, 5) is 7.46. The highest BCUT2D eigenvalue weighted by Gasteiger charge is 2.21. The van der Waals surface area contributed by atoms with Crippen molar-refractivity contribution in [2.45, 2.75) is 37.5 Å². The number of aromatic nitrogens is 2. The molecule has 106 valence electrons. The number of nitrogens with two attached hydrogens (primary N) is 1. The zero-order valence-electron chi connectivity index (χ0n) is 11.0. The summed E-state index contributed by atoms with van der Waals surface area (Å²) in [5, 5.41) is 0. The first kappa shape index (κ1) is 14.2. The summed E-state index contributed by atoms with van der Waals surface area (Å²) >= 11 is 0. The van der Waals surface area contributed by atoms with Gasteiger partial charge in [-0.1, -0.05) is 19.8 Å². The zero-order valence-corrected chi connectivity index (χ0v) is 11.9. The minimum atomic E-state index is -3.52. The fourth-order valence-electron chi connectivity index (χ4n) is 2.31. The van der Waals surface area contributed by atoms with Gasteiger partial charge in [-0.15, -0.1) is 0 Å². The monoisotopic (exact) mass is 284 g/mol. The SMILES string of the molecule is CC1CCC(CNS(=O)(=O)c2cnc(N)nc2)CC1. The van der Waals surface area contributed by atoms with Crippen LogP contribution >= 0.6 is 0 Å². The molecule has 0 aliphatic heterocycles. The molecule has 0 unspecified atom stereocenters. The van der Waals surface area contributed by atoms with Crippen molar-refractivity contribution in [3.8, 4) is 0 Å². The molecular weight excluding hydrogens is 264 g/mol. The minimum absolute atomic E-state index is 0.0610. The Hall–Kier alpha value is -1.21. The third-order valence-corrected chi connectivity index (χ3v) is 5.03. The van der Waals surface area contributed by atoms with Crippen molar-refractivity contribution in [3.05, 3.63) is 12.4 Å². The maximum absolute atomic E-state index is 12.0. The van der Waals surface area contributed by atoms with Crippen LogP contribution in [-0.2, 0) is 10.0 Å². The van der Waals surface area contributed by atoms with Crippen LogP contribution in [0.5, 0.6) is 0 Å². The van der Waals surface area contributed by atoms with Gasteiger partial charge in [-0.05, 0) is 24.7 Å². The smallest absolute Gasteiger partial charge is 0.243 e. The van der Waals surface area contributed by atoms with Gasteiger partial charge in [0.2, 0.25) is 16.0 Å². The van der Waals surface area contributed by atoms with Crippen LogP contribution in [0.1, 0.15) is 32.6 Å². The predicted octanol–water partition coefficient (Wildman–Crippen LogP) is 1.16. The highest BCUT2D eigenvalue weighted by molar-refractivity contribution is 7.89. The minimum Gasteiger partial charge on any atom is -0.368 e. The molecule has 1 saturated carbocycles. The van der Waals surface area contributed by atoms with E-state index < -0.39 is 10.0 Å². The number of hydrogen-bond donors (Lipinski definition) is 2. The average Bonchev–Trinajstić information content (AvgIpc) is 2.39. The Morgan fingerprint density at radius 3 is 2.42 bits per heavy atom. The molecule has 6 nitrogen and oxygen atoms in total. The van der Waals surface area contributed by atoms with Crippen molar-refractivity contribution in [1.29, 1.82) is 0 Å². The van der Waals surface area contributed by atoms with Crippen LogP contribution in [0, 0.1) is 11.8 Å². The van der Waals surface area contributed by atoms with Gasteiger partial charge < -0.3 is 5.73 Å². The lowest BCUT2D eigenvalue weighted by Crippen LogP contribution is -2.31. The van der Waals surface area contributed by atoms with E-state index in [0.29, 0.717) is 12.5 Å². The summed E-state index contributed by atoms with van der Waals surface area (Å²) in [6.45, 7) is 2.73. The number of nitrogens with zero attached hydrogens (tertiary/aromatic N) is 2. The van der Waals surface area contributed by atoms with E-state index >= 15 is 0 Å². The molecule has 1 aromatic heterocycles. The van der Waals surface area contributed by atoms with Crippen LogP contribution < -0.4 is 10.5 Å². The van der Waals surface area contributed by atoms with Crippen LogP contribution in [-0.4, -0.2) is 24.9 Å². The first-order valence-electron chi connectivity index (χ1n) is 6.54. The van der Waals surface area contributed by atoms with Gasteiger partial charge in [0.1, 0.15) is 4.90 Å². The number of sulfonamides is 1. The third-order valence-electron chi connectivity index (χ3n) is 3.66. The fraction of sp³-hybridized carbons (Fsp3) is 0.667. The highest BCUT2D eigenvalue weighted by Crippen LogP contribution is 2.27. The number of nitrogens with one attached hydrogen (secondary N) is 1. The van der Waals surface area contributed by atoms with E-state index in [-0.39, 0.29) is 10.8 Å². The molecule has 0 bridgehead atoms. The molecule has 0 amide bonds. The van der Waals surface area contributed by atoms with E-state index in [1.54, 1.807) is 0 Å². The van der Waals surface area contributed by atoms with E-state index in [4.69, 9.17) is 5.73 Å². The predicted molar refractivity (Wildman–Crippen MR) is 72.8 cm³/mol. The van der Waals surface area contributed by atoms with Crippen molar-refractivity contribution in [3.63, 3.8) is 0 Å². The summed E-state index contributed by atoms with van der Waals surface area (Å²) in [6.07, 6.45) is 6.99. The quantitative estimate of drug-likeness (QED) is 0.864.